The SMILES string of the molecule is CC(C)C[C@H](NC(=O)CNC(=O)c1nccc2ccccc12)C(=O)O. The molecule has 7 nitrogen and oxygen atoms in total. The number of aromatic nitrogens is 1. The van der Waals surface area contributed by atoms with Gasteiger partial charge in [-0.2, -0.15) is 0 Å². The number of hydrogen-bond acceptors (Lipinski definition) is 4. The highest BCUT2D eigenvalue weighted by molar-refractivity contribution is 6.06. The molecule has 1 atom stereocenters. The summed E-state index contributed by atoms with van der Waals surface area (Å²) < 4.78 is 0. The number of benzene rings is 1. The Bertz CT molecular complexity index is 783. The van der Waals surface area contributed by atoms with Gasteiger partial charge in [-0.3, -0.25) is 14.6 Å². The van der Waals surface area contributed by atoms with Crippen molar-refractivity contribution in [2.75, 3.05) is 6.54 Å². The fourth-order valence-electron chi connectivity index (χ4n) is 2.48. The van der Waals surface area contributed by atoms with Crippen molar-refractivity contribution >= 4 is 28.6 Å². The van der Waals surface area contributed by atoms with E-state index >= 15 is 0 Å². The molecule has 0 bridgehead atoms. The second-order valence-electron chi connectivity index (χ2n) is 6.15. The van der Waals surface area contributed by atoms with Crippen molar-refractivity contribution in [3.05, 3.63) is 42.2 Å². The molecule has 0 aliphatic heterocycles. The Morgan fingerprint density at radius 1 is 1.16 bits per heavy atom. The number of nitrogens with zero attached hydrogens (tertiary/aromatic N) is 1. The van der Waals surface area contributed by atoms with Gasteiger partial charge < -0.3 is 15.7 Å². The minimum absolute atomic E-state index is 0.121. The number of carboxylic acids is 1. The molecule has 0 fully saturated rings. The summed E-state index contributed by atoms with van der Waals surface area (Å²) in [5.74, 6) is -2.01. The third-order valence-electron chi connectivity index (χ3n) is 3.64. The minimum Gasteiger partial charge on any atom is -0.480 e. The molecule has 0 saturated carbocycles. The zero-order valence-electron chi connectivity index (χ0n) is 14.2. The van der Waals surface area contributed by atoms with Crippen LogP contribution in [-0.2, 0) is 9.59 Å². The van der Waals surface area contributed by atoms with Crippen molar-refractivity contribution in [2.45, 2.75) is 26.3 Å². The number of hydrogen-bond donors (Lipinski definition) is 3. The highest BCUT2D eigenvalue weighted by Crippen LogP contribution is 2.15. The predicted octanol–water partition coefficient (Wildman–Crippen LogP) is 1.58. The monoisotopic (exact) mass is 343 g/mol. The summed E-state index contributed by atoms with van der Waals surface area (Å²) in [5.41, 5.74) is 0.225. The lowest BCUT2D eigenvalue weighted by Gasteiger charge is -2.16. The second-order valence-corrected chi connectivity index (χ2v) is 6.15. The molecule has 2 rings (SSSR count). The normalized spacial score (nSPS) is 12.0. The molecule has 1 heterocycles. The standard InChI is InChI=1S/C18H21N3O4/c1-11(2)9-14(18(24)25)21-15(22)10-20-17(23)16-13-6-4-3-5-12(13)7-8-19-16/h3-8,11,14H,9-10H2,1-2H3,(H,20,23)(H,21,22)(H,24,25)/t14-/m0/s1. The Labute approximate surface area is 145 Å². The molecule has 0 saturated heterocycles. The molecule has 2 amide bonds. The summed E-state index contributed by atoms with van der Waals surface area (Å²) >= 11 is 0. The maximum Gasteiger partial charge on any atom is 0.326 e. The van der Waals surface area contributed by atoms with Gasteiger partial charge in [0.1, 0.15) is 11.7 Å². The summed E-state index contributed by atoms with van der Waals surface area (Å²) in [6, 6.07) is 8.13. The smallest absolute Gasteiger partial charge is 0.326 e. The van der Waals surface area contributed by atoms with E-state index < -0.39 is 23.8 Å². The Hall–Kier alpha value is -2.96. The first-order valence-electron chi connectivity index (χ1n) is 8.02. The number of nitrogens with one attached hydrogen (secondary N) is 2. The summed E-state index contributed by atoms with van der Waals surface area (Å²) in [5, 5.41) is 15.6. The van der Waals surface area contributed by atoms with Gasteiger partial charge in [0.2, 0.25) is 5.91 Å². The van der Waals surface area contributed by atoms with E-state index in [0.29, 0.717) is 11.8 Å². The van der Waals surface area contributed by atoms with Crippen molar-refractivity contribution in [2.24, 2.45) is 5.92 Å². The summed E-state index contributed by atoms with van der Waals surface area (Å²) in [7, 11) is 0. The van der Waals surface area contributed by atoms with E-state index in [1.807, 2.05) is 26.0 Å². The van der Waals surface area contributed by atoms with Crippen molar-refractivity contribution in [1.82, 2.24) is 15.6 Å². The number of fused-ring (bicyclic) bond motifs is 1. The van der Waals surface area contributed by atoms with Crippen molar-refractivity contribution in [3.63, 3.8) is 0 Å². The Kier molecular flexibility index (Phi) is 6.05. The van der Waals surface area contributed by atoms with Gasteiger partial charge >= 0.3 is 5.97 Å². The van der Waals surface area contributed by atoms with Crippen LogP contribution in [0.2, 0.25) is 0 Å². The first-order valence-corrected chi connectivity index (χ1v) is 8.02. The topological polar surface area (TPSA) is 108 Å². The Morgan fingerprint density at radius 3 is 2.56 bits per heavy atom. The summed E-state index contributed by atoms with van der Waals surface area (Å²) in [6.07, 6.45) is 1.85. The number of carbonyl (C=O) groups is 3. The number of aliphatic carboxylic acids is 1. The maximum atomic E-state index is 12.3. The third-order valence-corrected chi connectivity index (χ3v) is 3.64. The van der Waals surface area contributed by atoms with Crippen LogP contribution in [0.3, 0.4) is 0 Å². The van der Waals surface area contributed by atoms with E-state index in [1.54, 1.807) is 18.2 Å². The number of pyridine rings is 1. The van der Waals surface area contributed by atoms with Crippen LogP contribution in [0.1, 0.15) is 30.8 Å². The van der Waals surface area contributed by atoms with E-state index in [2.05, 4.69) is 15.6 Å². The molecule has 1 aromatic carbocycles. The summed E-state index contributed by atoms with van der Waals surface area (Å²) in [6.45, 7) is 3.43. The van der Waals surface area contributed by atoms with Crippen LogP contribution < -0.4 is 10.6 Å². The minimum atomic E-state index is -1.09. The number of carbonyl (C=O) groups excluding carboxylic acids is 2. The number of rotatable bonds is 7. The lowest BCUT2D eigenvalue weighted by Crippen LogP contribution is -2.46. The first kappa shape index (κ1) is 18.4. The predicted molar refractivity (Wildman–Crippen MR) is 93.1 cm³/mol. The van der Waals surface area contributed by atoms with E-state index in [4.69, 9.17) is 5.11 Å². The van der Waals surface area contributed by atoms with Crippen LogP contribution in [-0.4, -0.2) is 40.5 Å². The van der Waals surface area contributed by atoms with Gasteiger partial charge in [-0.25, -0.2) is 4.79 Å². The average Bonchev–Trinajstić information content (AvgIpc) is 2.58. The largest absolute Gasteiger partial charge is 0.480 e. The molecule has 0 aliphatic carbocycles. The van der Waals surface area contributed by atoms with Crippen LogP contribution in [0.5, 0.6) is 0 Å². The second kappa shape index (κ2) is 8.23. The van der Waals surface area contributed by atoms with Gasteiger partial charge in [-0.1, -0.05) is 38.1 Å². The maximum absolute atomic E-state index is 12.3. The molecular formula is C18H21N3O4. The van der Waals surface area contributed by atoms with Gasteiger partial charge in [0.25, 0.3) is 5.91 Å². The average molecular weight is 343 g/mol. The molecular weight excluding hydrogens is 322 g/mol. The van der Waals surface area contributed by atoms with Crippen LogP contribution in [0.25, 0.3) is 10.8 Å². The lowest BCUT2D eigenvalue weighted by atomic mass is 10.0. The molecule has 0 unspecified atom stereocenters. The highest BCUT2D eigenvalue weighted by atomic mass is 16.4. The third kappa shape index (κ3) is 5.00. The number of amides is 2. The van der Waals surface area contributed by atoms with Crippen LogP contribution >= 0.6 is 0 Å². The number of carboxylic acid groups (broad SMARTS) is 1. The molecule has 25 heavy (non-hydrogen) atoms. The van der Waals surface area contributed by atoms with Gasteiger partial charge in [-0.15, -0.1) is 0 Å². The zero-order valence-corrected chi connectivity index (χ0v) is 14.2. The molecule has 3 N–H and O–H groups in total. The van der Waals surface area contributed by atoms with Crippen molar-refractivity contribution in [1.29, 1.82) is 0 Å². The quantitative estimate of drug-likeness (QED) is 0.707. The fourth-order valence-corrected chi connectivity index (χ4v) is 2.48. The van der Waals surface area contributed by atoms with Crippen LogP contribution in [0.15, 0.2) is 36.5 Å². The van der Waals surface area contributed by atoms with Gasteiger partial charge in [0.15, 0.2) is 0 Å². The van der Waals surface area contributed by atoms with Gasteiger partial charge in [0, 0.05) is 11.6 Å². The summed E-state index contributed by atoms with van der Waals surface area (Å²) in [4.78, 5) is 39.5. The van der Waals surface area contributed by atoms with Crippen molar-refractivity contribution < 1.29 is 19.5 Å². The zero-order chi connectivity index (χ0) is 18.4. The Balaban J connectivity index is 1.99. The highest BCUT2D eigenvalue weighted by Gasteiger charge is 2.21. The fraction of sp³-hybridized carbons (Fsp3) is 0.333. The molecule has 2 aromatic rings. The first-order chi connectivity index (χ1) is 11.9. The molecule has 1 aromatic heterocycles. The van der Waals surface area contributed by atoms with E-state index in [-0.39, 0.29) is 18.2 Å². The van der Waals surface area contributed by atoms with Gasteiger partial charge in [0.05, 0.1) is 6.54 Å². The van der Waals surface area contributed by atoms with Gasteiger partial charge in [-0.05, 0) is 23.8 Å². The lowest BCUT2D eigenvalue weighted by molar-refractivity contribution is -0.142. The molecule has 0 spiro atoms. The van der Waals surface area contributed by atoms with Crippen LogP contribution in [0, 0.1) is 5.92 Å². The molecule has 7 heteroatoms. The van der Waals surface area contributed by atoms with Crippen LogP contribution in [0.4, 0.5) is 0 Å². The molecule has 0 aliphatic rings. The van der Waals surface area contributed by atoms with Crippen molar-refractivity contribution in [3.8, 4) is 0 Å². The molecule has 0 radical (unpaired) electrons. The molecule has 132 valence electrons. The van der Waals surface area contributed by atoms with E-state index in [9.17, 15) is 14.4 Å². The Morgan fingerprint density at radius 2 is 1.88 bits per heavy atom. The van der Waals surface area contributed by atoms with E-state index in [1.165, 1.54) is 6.20 Å². The van der Waals surface area contributed by atoms with E-state index in [0.717, 1.165) is 5.39 Å².